The van der Waals surface area contributed by atoms with Gasteiger partial charge in [0.2, 0.25) is 0 Å². The van der Waals surface area contributed by atoms with E-state index in [1.807, 2.05) is 13.8 Å². The maximum Gasteiger partial charge on any atom is 0.416 e. The number of hydrogen-bond acceptors (Lipinski definition) is 4. The lowest BCUT2D eigenvalue weighted by atomic mass is 10.2. The molecule has 3 N–H and O–H groups in total. The van der Waals surface area contributed by atoms with Gasteiger partial charge in [0.15, 0.2) is 5.65 Å². The van der Waals surface area contributed by atoms with Crippen LogP contribution in [0.15, 0.2) is 30.6 Å². The number of anilines is 2. The Balaban J connectivity index is 2.01. The highest BCUT2D eigenvalue weighted by atomic mass is 19.4. The second-order valence-corrected chi connectivity index (χ2v) is 6.14. The Kier molecular flexibility index (Phi) is 4.23. The summed E-state index contributed by atoms with van der Waals surface area (Å²) in [6, 6.07) is 4.85. The van der Waals surface area contributed by atoms with Gasteiger partial charge in [0.05, 0.1) is 11.9 Å². The summed E-state index contributed by atoms with van der Waals surface area (Å²) in [6.07, 6.45) is -2.88. The molecule has 3 aromatic rings. The molecule has 2 aromatic heterocycles. The lowest BCUT2D eigenvalue weighted by Crippen LogP contribution is -2.23. The number of aromatic amines is 1. The summed E-state index contributed by atoms with van der Waals surface area (Å²) in [7, 11) is 0. The molecule has 0 aliphatic rings. The van der Waals surface area contributed by atoms with Crippen LogP contribution in [0.25, 0.3) is 11.0 Å². The fourth-order valence-corrected chi connectivity index (χ4v) is 2.52. The molecule has 132 valence electrons. The van der Waals surface area contributed by atoms with Crippen molar-refractivity contribution in [3.63, 3.8) is 0 Å². The zero-order chi connectivity index (χ0) is 18.2. The molecule has 1 aromatic carbocycles. The topological polar surface area (TPSA) is 82.4 Å². The number of aromatic nitrogens is 4. The van der Waals surface area contributed by atoms with Crippen LogP contribution in [0.2, 0.25) is 0 Å². The number of halogens is 3. The van der Waals surface area contributed by atoms with E-state index in [0.29, 0.717) is 29.3 Å². The number of hydrogen-bond donors (Lipinski definition) is 3. The zero-order valence-corrected chi connectivity index (χ0v) is 13.6. The summed E-state index contributed by atoms with van der Waals surface area (Å²) in [4.78, 5) is 4.19. The van der Waals surface area contributed by atoms with Crippen molar-refractivity contribution in [3.8, 4) is 0 Å². The van der Waals surface area contributed by atoms with E-state index in [0.717, 1.165) is 12.1 Å². The normalized spacial score (nSPS) is 12.1. The van der Waals surface area contributed by atoms with Gasteiger partial charge in [0.25, 0.3) is 0 Å². The van der Waals surface area contributed by atoms with Crippen molar-refractivity contribution < 1.29 is 13.2 Å². The summed E-state index contributed by atoms with van der Waals surface area (Å²) in [6.45, 7) is 4.65. The van der Waals surface area contributed by atoms with Gasteiger partial charge in [0.1, 0.15) is 16.7 Å². The van der Waals surface area contributed by atoms with E-state index in [-0.39, 0.29) is 11.2 Å². The number of benzene rings is 1. The lowest BCUT2D eigenvalue weighted by Gasteiger charge is -2.11. The Morgan fingerprint density at radius 2 is 2.08 bits per heavy atom. The minimum absolute atomic E-state index is 0.196. The van der Waals surface area contributed by atoms with Gasteiger partial charge in [0, 0.05) is 12.2 Å². The first kappa shape index (κ1) is 17.0. The summed E-state index contributed by atoms with van der Waals surface area (Å²) in [5.74, 6) is 0.657. The highest BCUT2D eigenvalue weighted by Gasteiger charge is 2.30. The van der Waals surface area contributed by atoms with Crippen LogP contribution >= 0.6 is 0 Å². The second kappa shape index (κ2) is 6.23. The number of rotatable bonds is 4. The molecule has 0 aliphatic heterocycles. The van der Waals surface area contributed by atoms with E-state index < -0.39 is 11.7 Å². The molecule has 2 heterocycles. The Morgan fingerprint density at radius 3 is 2.76 bits per heavy atom. The molecule has 0 spiro atoms. The Hall–Kier alpha value is -2.84. The van der Waals surface area contributed by atoms with Crippen LogP contribution in [0.1, 0.15) is 19.4 Å². The third-order valence-corrected chi connectivity index (χ3v) is 3.61. The Morgan fingerprint density at radius 1 is 1.32 bits per heavy atom. The van der Waals surface area contributed by atoms with Crippen LogP contribution in [0.4, 0.5) is 24.7 Å². The second-order valence-electron chi connectivity index (χ2n) is 6.14. The average Bonchev–Trinajstić information content (AvgIpc) is 2.93. The van der Waals surface area contributed by atoms with Crippen molar-refractivity contribution in [2.75, 3.05) is 5.32 Å². The van der Waals surface area contributed by atoms with Crippen molar-refractivity contribution in [2.24, 2.45) is 5.92 Å². The van der Waals surface area contributed by atoms with Crippen LogP contribution in [-0.4, -0.2) is 19.7 Å². The molecule has 9 heteroatoms. The molecule has 0 saturated heterocycles. The van der Waals surface area contributed by atoms with Gasteiger partial charge in [-0.15, -0.1) is 0 Å². The molecule has 0 unspecified atom stereocenters. The number of nitrogens with zero attached hydrogens (tertiary/aromatic N) is 3. The van der Waals surface area contributed by atoms with E-state index >= 15 is 0 Å². The monoisotopic (exact) mass is 350 g/mol. The minimum Gasteiger partial charge on any atom is -0.340 e. The molecule has 0 fully saturated rings. The SMILES string of the molecule is CC(C)Cn1cnc2n[nH]c(Nc3cccc(C(F)(F)F)c3)c2c1=N. The first-order chi connectivity index (χ1) is 11.8. The van der Waals surface area contributed by atoms with Crippen molar-refractivity contribution in [3.05, 3.63) is 41.6 Å². The quantitative estimate of drug-likeness (QED) is 0.672. The average molecular weight is 350 g/mol. The maximum atomic E-state index is 12.8. The van der Waals surface area contributed by atoms with E-state index in [1.165, 1.54) is 12.1 Å². The smallest absolute Gasteiger partial charge is 0.340 e. The predicted molar refractivity (Wildman–Crippen MR) is 87.3 cm³/mol. The summed E-state index contributed by atoms with van der Waals surface area (Å²) in [5, 5.41) is 18.4. The van der Waals surface area contributed by atoms with Crippen LogP contribution in [0.5, 0.6) is 0 Å². The third kappa shape index (κ3) is 3.49. The van der Waals surface area contributed by atoms with Crippen molar-refractivity contribution in [1.82, 2.24) is 19.7 Å². The number of nitrogens with one attached hydrogen (secondary N) is 3. The minimum atomic E-state index is -4.42. The fraction of sp³-hybridized carbons (Fsp3) is 0.312. The molecule has 0 aliphatic carbocycles. The van der Waals surface area contributed by atoms with Crippen LogP contribution in [-0.2, 0) is 12.7 Å². The molecule has 6 nitrogen and oxygen atoms in total. The summed E-state index contributed by atoms with van der Waals surface area (Å²) >= 11 is 0. The Labute approximate surface area is 141 Å². The van der Waals surface area contributed by atoms with Gasteiger partial charge in [-0.2, -0.15) is 18.3 Å². The molecule has 0 amide bonds. The summed E-state index contributed by atoms with van der Waals surface area (Å²) in [5.41, 5.74) is 0.0286. The first-order valence-corrected chi connectivity index (χ1v) is 7.68. The fourth-order valence-electron chi connectivity index (χ4n) is 2.52. The van der Waals surface area contributed by atoms with Crippen molar-refractivity contribution >= 4 is 22.5 Å². The van der Waals surface area contributed by atoms with Crippen molar-refractivity contribution in [1.29, 1.82) is 5.41 Å². The zero-order valence-electron chi connectivity index (χ0n) is 13.6. The van der Waals surface area contributed by atoms with Gasteiger partial charge >= 0.3 is 6.18 Å². The maximum absolute atomic E-state index is 12.8. The van der Waals surface area contributed by atoms with Gasteiger partial charge in [-0.25, -0.2) is 4.98 Å². The summed E-state index contributed by atoms with van der Waals surface area (Å²) < 4.78 is 40.2. The highest BCUT2D eigenvalue weighted by molar-refractivity contribution is 5.87. The van der Waals surface area contributed by atoms with Crippen LogP contribution in [0, 0.1) is 11.3 Å². The first-order valence-electron chi connectivity index (χ1n) is 7.68. The molecule has 0 atom stereocenters. The highest BCUT2D eigenvalue weighted by Crippen LogP contribution is 2.31. The number of H-pyrrole nitrogens is 1. The molecule has 0 bridgehead atoms. The molecule has 0 radical (unpaired) electrons. The standard InChI is InChI=1S/C16H17F3N6/c1-9(2)7-25-8-21-14-12(13(25)20)15(24-23-14)22-11-5-3-4-10(6-11)16(17,18)19/h3-6,8-9,20H,7H2,1-2H3,(H2,22,23,24). The van der Waals surface area contributed by atoms with Crippen LogP contribution in [0.3, 0.4) is 0 Å². The third-order valence-electron chi connectivity index (χ3n) is 3.61. The number of alkyl halides is 3. The predicted octanol–water partition coefficient (Wildman–Crippen LogP) is 3.66. The van der Waals surface area contributed by atoms with Gasteiger partial charge < -0.3 is 9.88 Å². The Bertz CT molecular complexity index is 954. The van der Waals surface area contributed by atoms with E-state index in [2.05, 4.69) is 20.5 Å². The van der Waals surface area contributed by atoms with Gasteiger partial charge in [-0.3, -0.25) is 10.5 Å². The van der Waals surface area contributed by atoms with E-state index in [1.54, 1.807) is 10.9 Å². The molecule has 0 saturated carbocycles. The van der Waals surface area contributed by atoms with E-state index in [9.17, 15) is 13.2 Å². The number of fused-ring (bicyclic) bond motifs is 1. The van der Waals surface area contributed by atoms with E-state index in [4.69, 9.17) is 5.41 Å². The van der Waals surface area contributed by atoms with Gasteiger partial charge in [-0.05, 0) is 24.1 Å². The molecular weight excluding hydrogens is 333 g/mol. The molecular formula is C16H17F3N6. The van der Waals surface area contributed by atoms with Crippen molar-refractivity contribution in [2.45, 2.75) is 26.6 Å². The van der Waals surface area contributed by atoms with Crippen LogP contribution < -0.4 is 10.8 Å². The lowest BCUT2D eigenvalue weighted by molar-refractivity contribution is -0.137. The van der Waals surface area contributed by atoms with Gasteiger partial charge in [-0.1, -0.05) is 19.9 Å². The largest absolute Gasteiger partial charge is 0.416 e. The molecule has 3 rings (SSSR count). The molecule has 25 heavy (non-hydrogen) atoms.